The van der Waals surface area contributed by atoms with E-state index in [-0.39, 0.29) is 6.61 Å². The number of para-hydroxylation sites is 1. The third kappa shape index (κ3) is 4.29. The first kappa shape index (κ1) is 21.8. The number of esters is 1. The van der Waals surface area contributed by atoms with E-state index in [9.17, 15) is 9.59 Å². The summed E-state index contributed by atoms with van der Waals surface area (Å²) in [6.07, 6.45) is 0.712. The zero-order valence-corrected chi connectivity index (χ0v) is 18.1. The minimum absolute atomic E-state index is 0.240. The highest BCUT2D eigenvalue weighted by Crippen LogP contribution is 2.56. The molecule has 2 unspecified atom stereocenters. The number of pyridine rings is 1. The molecule has 0 spiro atoms. The van der Waals surface area contributed by atoms with Gasteiger partial charge in [-0.25, -0.2) is 5.48 Å². The second-order valence-electron chi connectivity index (χ2n) is 8.16. The van der Waals surface area contributed by atoms with Crippen LogP contribution < -0.4 is 10.2 Å². The number of aromatic nitrogens is 1. The molecule has 1 saturated carbocycles. The number of aryl methyl sites for hydroxylation is 1. The number of nitrogens with zero attached hydrogens (tertiary/aromatic N) is 1. The highest BCUT2D eigenvalue weighted by Gasteiger charge is 2.64. The summed E-state index contributed by atoms with van der Waals surface area (Å²) in [6, 6.07) is 17.5. The minimum atomic E-state index is -0.932. The smallest absolute Gasteiger partial charge is 0.313 e. The first-order valence-corrected chi connectivity index (χ1v) is 10.6. The second-order valence-corrected chi connectivity index (χ2v) is 8.16. The van der Waals surface area contributed by atoms with Gasteiger partial charge in [-0.3, -0.25) is 19.8 Å². The van der Waals surface area contributed by atoms with Crippen molar-refractivity contribution in [2.75, 3.05) is 6.61 Å². The van der Waals surface area contributed by atoms with Gasteiger partial charge in [0.25, 0.3) is 0 Å². The summed E-state index contributed by atoms with van der Waals surface area (Å²) in [5, 5.41) is 10.0. The molecule has 0 radical (unpaired) electrons. The molecule has 1 aliphatic carbocycles. The SMILES string of the molecule is CCOC(=O)C1(Cc2ccc(OCc3cc(C)nc4ccccc34)cc2)CC1C(=O)NO. The van der Waals surface area contributed by atoms with E-state index in [4.69, 9.17) is 14.7 Å². The Kier molecular flexibility index (Phi) is 6.10. The maximum absolute atomic E-state index is 12.5. The molecule has 1 aliphatic rings. The van der Waals surface area contributed by atoms with Crippen LogP contribution in [0.3, 0.4) is 0 Å². The summed E-state index contributed by atoms with van der Waals surface area (Å²) in [5.74, 6) is -0.852. The summed E-state index contributed by atoms with van der Waals surface area (Å²) < 4.78 is 11.2. The average molecular weight is 434 g/mol. The highest BCUT2D eigenvalue weighted by atomic mass is 16.5. The number of hydrogen-bond acceptors (Lipinski definition) is 6. The molecule has 4 rings (SSSR count). The third-order valence-electron chi connectivity index (χ3n) is 5.95. The first-order valence-electron chi connectivity index (χ1n) is 10.6. The number of amides is 1. The van der Waals surface area contributed by atoms with Crippen LogP contribution in [-0.4, -0.2) is 28.7 Å². The van der Waals surface area contributed by atoms with Crippen LogP contribution in [0.5, 0.6) is 5.75 Å². The molecule has 2 atom stereocenters. The number of carbonyl (C=O) groups is 2. The van der Waals surface area contributed by atoms with E-state index in [1.165, 1.54) is 0 Å². The summed E-state index contributed by atoms with van der Waals surface area (Å²) in [5.41, 5.74) is 4.56. The lowest BCUT2D eigenvalue weighted by Gasteiger charge is -2.16. The van der Waals surface area contributed by atoms with Gasteiger partial charge >= 0.3 is 5.97 Å². The van der Waals surface area contributed by atoms with Crippen molar-refractivity contribution >= 4 is 22.8 Å². The van der Waals surface area contributed by atoms with Crippen LogP contribution in [0.4, 0.5) is 0 Å². The Morgan fingerprint density at radius 1 is 1.19 bits per heavy atom. The normalized spacial score (nSPS) is 19.4. The molecule has 166 valence electrons. The van der Waals surface area contributed by atoms with Crippen molar-refractivity contribution in [3.63, 3.8) is 0 Å². The molecule has 2 N–H and O–H groups in total. The first-order chi connectivity index (χ1) is 15.5. The molecular weight excluding hydrogens is 408 g/mol. The van der Waals surface area contributed by atoms with Gasteiger partial charge in [-0.15, -0.1) is 0 Å². The topological polar surface area (TPSA) is 97.8 Å². The number of nitrogens with one attached hydrogen (secondary N) is 1. The van der Waals surface area contributed by atoms with Crippen LogP contribution in [0.15, 0.2) is 54.6 Å². The fraction of sp³-hybridized carbons (Fsp3) is 0.320. The van der Waals surface area contributed by atoms with E-state index in [0.29, 0.717) is 25.2 Å². The Hall–Kier alpha value is -3.45. The summed E-state index contributed by atoms with van der Waals surface area (Å²) in [6.45, 7) is 4.35. The van der Waals surface area contributed by atoms with Crippen LogP contribution in [0.25, 0.3) is 10.9 Å². The van der Waals surface area contributed by atoms with Crippen LogP contribution in [0.2, 0.25) is 0 Å². The van der Waals surface area contributed by atoms with Crippen molar-refractivity contribution < 1.29 is 24.3 Å². The van der Waals surface area contributed by atoms with Crippen molar-refractivity contribution in [2.24, 2.45) is 11.3 Å². The van der Waals surface area contributed by atoms with E-state index >= 15 is 0 Å². The zero-order valence-electron chi connectivity index (χ0n) is 18.1. The predicted octanol–water partition coefficient (Wildman–Crippen LogP) is 3.74. The van der Waals surface area contributed by atoms with Gasteiger partial charge < -0.3 is 9.47 Å². The van der Waals surface area contributed by atoms with Crippen LogP contribution in [0.1, 0.15) is 30.2 Å². The highest BCUT2D eigenvalue weighted by molar-refractivity contribution is 5.93. The van der Waals surface area contributed by atoms with E-state index in [2.05, 4.69) is 4.98 Å². The molecule has 2 aromatic carbocycles. The number of benzene rings is 2. The number of hydrogen-bond donors (Lipinski definition) is 2. The molecule has 1 fully saturated rings. The Morgan fingerprint density at radius 2 is 1.94 bits per heavy atom. The Bertz CT molecular complexity index is 1140. The molecule has 0 saturated heterocycles. The van der Waals surface area contributed by atoms with Gasteiger partial charge in [0.1, 0.15) is 12.4 Å². The van der Waals surface area contributed by atoms with Crippen LogP contribution >= 0.6 is 0 Å². The lowest BCUT2D eigenvalue weighted by Crippen LogP contribution is -2.30. The number of carbonyl (C=O) groups excluding carboxylic acids is 2. The van der Waals surface area contributed by atoms with Crippen LogP contribution in [-0.2, 0) is 27.4 Å². The average Bonchev–Trinajstić information content (AvgIpc) is 3.53. The number of hydroxylamine groups is 1. The third-order valence-corrected chi connectivity index (χ3v) is 5.95. The fourth-order valence-electron chi connectivity index (χ4n) is 4.24. The van der Waals surface area contributed by atoms with Gasteiger partial charge in [-0.2, -0.15) is 0 Å². The Labute approximate surface area is 186 Å². The van der Waals surface area contributed by atoms with Gasteiger partial charge in [-0.05, 0) is 56.5 Å². The molecule has 0 bridgehead atoms. The Morgan fingerprint density at radius 3 is 2.66 bits per heavy atom. The Balaban J connectivity index is 1.46. The lowest BCUT2D eigenvalue weighted by molar-refractivity contribution is -0.152. The molecule has 32 heavy (non-hydrogen) atoms. The number of rotatable bonds is 8. The van der Waals surface area contributed by atoms with Gasteiger partial charge in [0.15, 0.2) is 0 Å². The quantitative estimate of drug-likeness (QED) is 0.318. The number of fused-ring (bicyclic) bond motifs is 1. The van der Waals surface area contributed by atoms with Gasteiger partial charge in [-0.1, -0.05) is 30.3 Å². The zero-order chi connectivity index (χ0) is 22.7. The van der Waals surface area contributed by atoms with E-state index in [0.717, 1.165) is 27.7 Å². The lowest BCUT2D eigenvalue weighted by atomic mass is 9.93. The van der Waals surface area contributed by atoms with E-state index < -0.39 is 23.2 Å². The maximum atomic E-state index is 12.5. The fourth-order valence-corrected chi connectivity index (χ4v) is 4.24. The van der Waals surface area contributed by atoms with Gasteiger partial charge in [0.2, 0.25) is 5.91 Å². The largest absolute Gasteiger partial charge is 0.489 e. The van der Waals surface area contributed by atoms with E-state index in [1.54, 1.807) is 12.4 Å². The van der Waals surface area contributed by atoms with Crippen molar-refractivity contribution in [3.8, 4) is 5.75 Å². The van der Waals surface area contributed by atoms with Crippen molar-refractivity contribution in [1.29, 1.82) is 0 Å². The molecule has 1 aromatic heterocycles. The van der Waals surface area contributed by atoms with Crippen molar-refractivity contribution in [3.05, 3.63) is 71.4 Å². The molecule has 1 heterocycles. The van der Waals surface area contributed by atoms with E-state index in [1.807, 2.05) is 61.5 Å². The molecular formula is C25H26N2O5. The maximum Gasteiger partial charge on any atom is 0.313 e. The molecule has 7 heteroatoms. The number of ether oxygens (including phenoxy) is 2. The standard InChI is InChI=1S/C25H26N2O5/c1-3-31-24(29)25(14-21(25)23(28)27-30)13-17-8-10-19(11-9-17)32-15-18-12-16(2)26-22-7-5-4-6-20(18)22/h4-12,21,30H,3,13-15H2,1-2H3,(H,27,28). The van der Waals surface area contributed by atoms with Crippen molar-refractivity contribution in [1.82, 2.24) is 10.5 Å². The molecule has 7 nitrogen and oxygen atoms in total. The molecule has 3 aromatic rings. The molecule has 0 aliphatic heterocycles. The monoisotopic (exact) mass is 434 g/mol. The van der Waals surface area contributed by atoms with Crippen molar-refractivity contribution in [2.45, 2.75) is 33.3 Å². The summed E-state index contributed by atoms with van der Waals surface area (Å²) in [7, 11) is 0. The predicted molar refractivity (Wildman–Crippen MR) is 118 cm³/mol. The summed E-state index contributed by atoms with van der Waals surface area (Å²) in [4.78, 5) is 29.0. The second kappa shape index (κ2) is 8.96. The molecule has 1 amide bonds. The van der Waals surface area contributed by atoms with Gasteiger partial charge in [0.05, 0.1) is 23.5 Å². The van der Waals surface area contributed by atoms with Gasteiger partial charge in [0, 0.05) is 16.6 Å². The minimum Gasteiger partial charge on any atom is -0.489 e. The van der Waals surface area contributed by atoms with Crippen LogP contribution in [0, 0.1) is 18.3 Å². The summed E-state index contributed by atoms with van der Waals surface area (Å²) >= 11 is 0.